The van der Waals surface area contributed by atoms with Gasteiger partial charge in [-0.3, -0.25) is 0 Å². The minimum Gasteiger partial charge on any atom is -0.309 e. The van der Waals surface area contributed by atoms with Gasteiger partial charge < -0.3 is 5.32 Å². The van der Waals surface area contributed by atoms with Crippen molar-refractivity contribution in [3.8, 4) is 0 Å². The Balaban J connectivity index is 1.85. The minimum absolute atomic E-state index is 0.0797. The zero-order valence-electron chi connectivity index (χ0n) is 15.7. The summed E-state index contributed by atoms with van der Waals surface area (Å²) in [5.74, 6) is 0. The monoisotopic (exact) mass is 443 g/mol. The third kappa shape index (κ3) is 4.64. The van der Waals surface area contributed by atoms with Crippen molar-refractivity contribution in [2.45, 2.75) is 40.6 Å². The van der Waals surface area contributed by atoms with Crippen LogP contribution in [0, 0.1) is 0 Å². The number of aryl methyl sites for hydroxylation is 1. The van der Waals surface area contributed by atoms with Gasteiger partial charge in [0.1, 0.15) is 8.42 Å². The molecule has 1 aliphatic rings. The third-order valence-corrected chi connectivity index (χ3v) is 9.64. The molecule has 0 fully saturated rings. The number of primary sulfonamides is 1. The molecule has 1 aliphatic heterocycles. The van der Waals surface area contributed by atoms with Gasteiger partial charge in [0.05, 0.1) is 0 Å². The number of rotatable bonds is 8. The molecule has 1 aromatic heterocycles. The van der Waals surface area contributed by atoms with Crippen LogP contribution in [-0.4, -0.2) is 40.8 Å². The maximum absolute atomic E-state index is 13.1. The Morgan fingerprint density at radius 3 is 2.64 bits per heavy atom. The van der Waals surface area contributed by atoms with Crippen LogP contribution in [0.3, 0.4) is 0 Å². The first kappa shape index (κ1) is 21.4. The normalized spacial score (nSPS) is 19.4. The van der Waals surface area contributed by atoms with E-state index in [2.05, 4.69) is 5.32 Å². The molecule has 0 saturated heterocycles. The van der Waals surface area contributed by atoms with Crippen LogP contribution in [0.4, 0.5) is 0 Å². The predicted molar refractivity (Wildman–Crippen MR) is 110 cm³/mol. The van der Waals surface area contributed by atoms with E-state index in [0.717, 1.165) is 29.7 Å². The van der Waals surface area contributed by atoms with Gasteiger partial charge in [-0.1, -0.05) is 37.3 Å². The largest absolute Gasteiger partial charge is 0.309 e. The highest BCUT2D eigenvalue weighted by Gasteiger charge is 2.39. The van der Waals surface area contributed by atoms with Gasteiger partial charge >= 0.3 is 0 Å². The molecular weight excluding hydrogens is 418 g/mol. The summed E-state index contributed by atoms with van der Waals surface area (Å²) in [6.07, 6.45) is 2.35. The van der Waals surface area contributed by atoms with Gasteiger partial charge in [-0.15, -0.1) is 11.3 Å². The number of nitrogens with zero attached hydrogens (tertiary/aromatic N) is 1. The lowest BCUT2D eigenvalue weighted by Crippen LogP contribution is -2.44. The number of sulfonamides is 2. The van der Waals surface area contributed by atoms with Gasteiger partial charge in [0, 0.05) is 24.7 Å². The first-order valence-corrected chi connectivity index (χ1v) is 13.0. The second-order valence-corrected chi connectivity index (χ2v) is 11.8. The molecule has 0 saturated carbocycles. The van der Waals surface area contributed by atoms with E-state index in [-0.39, 0.29) is 21.0 Å². The summed E-state index contributed by atoms with van der Waals surface area (Å²) in [7, 11) is -7.70. The fourth-order valence-corrected chi connectivity index (χ4v) is 7.58. The zero-order chi connectivity index (χ0) is 20.4. The Bertz CT molecular complexity index is 1020. The van der Waals surface area contributed by atoms with Crippen LogP contribution in [0.15, 0.2) is 44.8 Å². The van der Waals surface area contributed by atoms with E-state index in [1.165, 1.54) is 10.4 Å². The summed E-state index contributed by atoms with van der Waals surface area (Å²) < 4.78 is 51.1. The Labute approximate surface area is 170 Å². The molecule has 0 radical (unpaired) electrons. The summed E-state index contributed by atoms with van der Waals surface area (Å²) in [6, 6.07) is 11.1. The average molecular weight is 444 g/mol. The van der Waals surface area contributed by atoms with Crippen LogP contribution in [-0.2, 0) is 26.5 Å². The zero-order valence-corrected chi connectivity index (χ0v) is 18.1. The number of thiophene rings is 1. The molecule has 3 N–H and O–H groups in total. The number of nitrogens with two attached hydrogens (primary N) is 1. The van der Waals surface area contributed by atoms with E-state index in [0.29, 0.717) is 25.1 Å². The second kappa shape index (κ2) is 8.60. The maximum atomic E-state index is 13.1. The highest BCUT2D eigenvalue weighted by Crippen LogP contribution is 2.40. The Hall–Kier alpha value is -1.30. The molecule has 2 heterocycles. The van der Waals surface area contributed by atoms with Gasteiger partial charge in [0.2, 0.25) is 10.0 Å². The molecule has 154 valence electrons. The fourth-order valence-electron chi connectivity index (χ4n) is 3.28. The highest BCUT2D eigenvalue weighted by molar-refractivity contribution is 7.94. The number of hydrogen-bond donors (Lipinski definition) is 2. The molecular formula is C18H25N3O4S3. The lowest BCUT2D eigenvalue weighted by Gasteiger charge is -2.32. The molecule has 7 nitrogen and oxygen atoms in total. The van der Waals surface area contributed by atoms with Gasteiger partial charge in [0.25, 0.3) is 10.0 Å². The summed E-state index contributed by atoms with van der Waals surface area (Å²) in [5.41, 5.74) is 1.66. The molecule has 0 amide bonds. The molecule has 28 heavy (non-hydrogen) atoms. The molecule has 3 rings (SSSR count). The Morgan fingerprint density at radius 1 is 1.29 bits per heavy atom. The van der Waals surface area contributed by atoms with Crippen molar-refractivity contribution in [1.82, 2.24) is 9.62 Å². The molecule has 1 aromatic carbocycles. The van der Waals surface area contributed by atoms with Crippen molar-refractivity contribution in [2.24, 2.45) is 5.14 Å². The van der Waals surface area contributed by atoms with Gasteiger partial charge in [-0.2, -0.15) is 4.31 Å². The van der Waals surface area contributed by atoms with Gasteiger partial charge in [-0.05, 0) is 37.4 Å². The first-order chi connectivity index (χ1) is 13.2. The van der Waals surface area contributed by atoms with Crippen LogP contribution in [0.2, 0.25) is 0 Å². The van der Waals surface area contributed by atoms with Crippen molar-refractivity contribution in [1.29, 1.82) is 0 Å². The first-order valence-electron chi connectivity index (χ1n) is 9.17. The van der Waals surface area contributed by atoms with E-state index < -0.39 is 20.0 Å². The lowest BCUT2D eigenvalue weighted by atomic mass is 10.1. The van der Waals surface area contributed by atoms with Crippen LogP contribution < -0.4 is 10.5 Å². The summed E-state index contributed by atoms with van der Waals surface area (Å²) >= 11 is 0.737. The van der Waals surface area contributed by atoms with E-state index in [9.17, 15) is 16.8 Å². The molecule has 2 aromatic rings. The summed E-state index contributed by atoms with van der Waals surface area (Å²) in [4.78, 5) is 0. The Kier molecular flexibility index (Phi) is 6.58. The SMILES string of the molecule is CCCNC1CN(CCCc2ccccc2)S(=O)(=O)c2sc(S(N)(=O)=O)cc21. The Morgan fingerprint density at radius 2 is 2.00 bits per heavy atom. The van der Waals surface area contributed by atoms with E-state index in [1.54, 1.807) is 0 Å². The van der Waals surface area contributed by atoms with E-state index in [1.807, 2.05) is 37.3 Å². The van der Waals surface area contributed by atoms with Crippen molar-refractivity contribution in [2.75, 3.05) is 19.6 Å². The topological polar surface area (TPSA) is 110 Å². The molecule has 0 aliphatic carbocycles. The van der Waals surface area contributed by atoms with E-state index >= 15 is 0 Å². The lowest BCUT2D eigenvalue weighted by molar-refractivity contribution is 0.338. The van der Waals surface area contributed by atoms with Gasteiger partial charge in [-0.25, -0.2) is 22.0 Å². The predicted octanol–water partition coefficient (Wildman–Crippen LogP) is 2.07. The smallest absolute Gasteiger partial charge is 0.252 e. The summed E-state index contributed by atoms with van der Waals surface area (Å²) in [5, 5.41) is 8.57. The minimum atomic E-state index is -3.95. The number of fused-ring (bicyclic) bond motifs is 1. The number of hydrogen-bond acceptors (Lipinski definition) is 6. The molecule has 10 heteroatoms. The second-order valence-electron chi connectivity index (χ2n) is 6.81. The van der Waals surface area contributed by atoms with Crippen molar-refractivity contribution in [3.63, 3.8) is 0 Å². The van der Waals surface area contributed by atoms with Crippen LogP contribution in [0.1, 0.15) is 36.9 Å². The standard InChI is InChI=1S/C18H25N3O4S3/c1-2-10-20-16-13-21(11-6-9-14-7-4-3-5-8-14)28(24,25)18-15(16)12-17(26-18)27(19,22)23/h3-5,7-8,12,16,20H,2,6,9-11,13H2,1H3,(H2,19,22,23). The molecule has 0 spiro atoms. The molecule has 1 atom stereocenters. The van der Waals surface area contributed by atoms with Crippen LogP contribution in [0.5, 0.6) is 0 Å². The molecule has 0 bridgehead atoms. The number of benzene rings is 1. The fraction of sp³-hybridized carbons (Fsp3) is 0.444. The summed E-state index contributed by atoms with van der Waals surface area (Å²) in [6.45, 7) is 3.39. The third-order valence-electron chi connectivity index (χ3n) is 4.68. The van der Waals surface area contributed by atoms with Crippen LogP contribution >= 0.6 is 11.3 Å². The van der Waals surface area contributed by atoms with Crippen molar-refractivity contribution < 1.29 is 16.8 Å². The number of nitrogens with one attached hydrogen (secondary N) is 1. The van der Waals surface area contributed by atoms with E-state index in [4.69, 9.17) is 5.14 Å². The average Bonchev–Trinajstić information content (AvgIpc) is 3.11. The van der Waals surface area contributed by atoms with Crippen LogP contribution in [0.25, 0.3) is 0 Å². The quantitative estimate of drug-likeness (QED) is 0.649. The maximum Gasteiger partial charge on any atom is 0.252 e. The highest BCUT2D eigenvalue weighted by atomic mass is 32.3. The van der Waals surface area contributed by atoms with Crippen molar-refractivity contribution in [3.05, 3.63) is 47.5 Å². The van der Waals surface area contributed by atoms with Crippen molar-refractivity contribution >= 4 is 31.4 Å². The molecule has 1 unspecified atom stereocenters. The van der Waals surface area contributed by atoms with Gasteiger partial charge in [0.15, 0.2) is 0 Å².